The Kier molecular flexibility index (Phi) is 2.67. The maximum absolute atomic E-state index is 11.8. The van der Waals surface area contributed by atoms with Crippen molar-refractivity contribution in [2.75, 3.05) is 0 Å². The summed E-state index contributed by atoms with van der Waals surface area (Å²) >= 11 is 0. The Morgan fingerprint density at radius 2 is 2.00 bits per heavy atom. The molecule has 15 heavy (non-hydrogen) atoms. The van der Waals surface area contributed by atoms with Crippen molar-refractivity contribution in [1.82, 2.24) is 10.2 Å². The van der Waals surface area contributed by atoms with Gasteiger partial charge in [0.25, 0.3) is 0 Å². The van der Waals surface area contributed by atoms with Crippen LogP contribution in [-0.4, -0.2) is 28.9 Å². The molecule has 3 amide bonds. The molecular weight excluding hydrogens is 192 g/mol. The van der Waals surface area contributed by atoms with Crippen LogP contribution in [0.25, 0.3) is 0 Å². The van der Waals surface area contributed by atoms with Gasteiger partial charge in [-0.1, -0.05) is 13.8 Å². The van der Waals surface area contributed by atoms with Gasteiger partial charge in [-0.05, 0) is 25.2 Å². The van der Waals surface area contributed by atoms with Gasteiger partial charge in [-0.2, -0.15) is 0 Å². The molecule has 1 unspecified atom stereocenters. The van der Waals surface area contributed by atoms with Crippen molar-refractivity contribution in [2.24, 2.45) is 5.92 Å². The Morgan fingerprint density at radius 3 is 2.40 bits per heavy atom. The first-order valence-corrected chi connectivity index (χ1v) is 5.72. The first-order chi connectivity index (χ1) is 7.09. The Labute approximate surface area is 90.0 Å². The zero-order valence-electron chi connectivity index (χ0n) is 9.32. The summed E-state index contributed by atoms with van der Waals surface area (Å²) in [5.74, 6) is 0.323. The molecular formula is C11H18N2O2. The highest BCUT2D eigenvalue weighted by Crippen LogP contribution is 2.28. The molecule has 1 aliphatic heterocycles. The molecule has 0 aromatic carbocycles. The molecule has 2 fully saturated rings. The Hall–Kier alpha value is -1.06. The van der Waals surface area contributed by atoms with Gasteiger partial charge in [0.1, 0.15) is 0 Å². The number of imide groups is 1. The minimum Gasteiger partial charge on any atom is -0.334 e. The first kappa shape index (κ1) is 10.5. The lowest BCUT2D eigenvalue weighted by molar-refractivity contribution is -0.133. The molecule has 1 saturated heterocycles. The molecule has 0 bridgehead atoms. The van der Waals surface area contributed by atoms with Crippen molar-refractivity contribution in [3.05, 3.63) is 0 Å². The summed E-state index contributed by atoms with van der Waals surface area (Å²) < 4.78 is 0. The van der Waals surface area contributed by atoms with Crippen molar-refractivity contribution in [2.45, 2.75) is 51.6 Å². The fourth-order valence-corrected chi connectivity index (χ4v) is 2.10. The third-order valence-corrected chi connectivity index (χ3v) is 3.44. The summed E-state index contributed by atoms with van der Waals surface area (Å²) in [5, 5.41) is 2.91. The fraction of sp³-hybridized carbons (Fsp3) is 0.818. The third kappa shape index (κ3) is 1.85. The zero-order chi connectivity index (χ0) is 11.0. The van der Waals surface area contributed by atoms with Gasteiger partial charge < -0.3 is 5.32 Å². The smallest absolute Gasteiger partial charge is 0.324 e. The number of nitrogens with one attached hydrogen (secondary N) is 1. The van der Waals surface area contributed by atoms with E-state index in [0.29, 0.717) is 12.3 Å². The lowest BCUT2D eigenvalue weighted by atomic mass is 9.89. The fourth-order valence-electron chi connectivity index (χ4n) is 2.10. The van der Waals surface area contributed by atoms with E-state index in [0.717, 1.165) is 19.3 Å². The van der Waals surface area contributed by atoms with Gasteiger partial charge in [0, 0.05) is 18.5 Å². The van der Waals surface area contributed by atoms with Gasteiger partial charge in [0.05, 0.1) is 0 Å². The molecule has 0 radical (unpaired) electrons. The summed E-state index contributed by atoms with van der Waals surface area (Å²) in [6, 6.07) is 0.00147. The minimum absolute atomic E-state index is 0.00199. The molecule has 84 valence electrons. The highest BCUT2D eigenvalue weighted by atomic mass is 16.2. The molecule has 2 rings (SSSR count). The number of hydrogen-bond acceptors (Lipinski definition) is 2. The van der Waals surface area contributed by atoms with Crippen LogP contribution in [0.15, 0.2) is 0 Å². The molecule has 4 heteroatoms. The molecule has 4 nitrogen and oxygen atoms in total. The van der Waals surface area contributed by atoms with Crippen LogP contribution in [0, 0.1) is 5.92 Å². The lowest BCUT2D eigenvalue weighted by Gasteiger charge is -2.41. The summed E-state index contributed by atoms with van der Waals surface area (Å²) in [5.41, 5.74) is 0. The number of carbonyl (C=O) groups is 2. The van der Waals surface area contributed by atoms with E-state index >= 15 is 0 Å². The molecule has 0 spiro atoms. The van der Waals surface area contributed by atoms with Crippen LogP contribution in [-0.2, 0) is 4.79 Å². The Bertz CT molecular complexity index is 266. The second kappa shape index (κ2) is 3.83. The van der Waals surface area contributed by atoms with Gasteiger partial charge in [0.2, 0.25) is 5.91 Å². The molecule has 1 aliphatic carbocycles. The molecule has 2 aliphatic rings. The highest BCUT2D eigenvalue weighted by Gasteiger charge is 2.39. The standard InChI is InChI=1S/C11H18N2O2/c1-7(2)9-6-10(14)13(11(15)12-9)8-4-3-5-8/h7-9H,3-6H2,1-2H3,(H,12,15). The van der Waals surface area contributed by atoms with Crippen LogP contribution in [0.1, 0.15) is 39.5 Å². The maximum Gasteiger partial charge on any atom is 0.324 e. The Morgan fingerprint density at radius 1 is 1.33 bits per heavy atom. The number of urea groups is 1. The second-order valence-corrected chi connectivity index (χ2v) is 4.85. The van der Waals surface area contributed by atoms with Crippen LogP contribution in [0.3, 0.4) is 0 Å². The van der Waals surface area contributed by atoms with Gasteiger partial charge in [0.15, 0.2) is 0 Å². The average Bonchev–Trinajstić information content (AvgIpc) is 2.07. The zero-order valence-corrected chi connectivity index (χ0v) is 9.32. The van der Waals surface area contributed by atoms with Gasteiger partial charge in [-0.15, -0.1) is 0 Å². The maximum atomic E-state index is 11.8. The van der Waals surface area contributed by atoms with E-state index in [9.17, 15) is 9.59 Å². The summed E-state index contributed by atoms with van der Waals surface area (Å²) in [6.07, 6.45) is 3.55. The van der Waals surface area contributed by atoms with Crippen LogP contribution >= 0.6 is 0 Å². The molecule has 0 aromatic rings. The molecule has 0 aromatic heterocycles. The lowest BCUT2D eigenvalue weighted by Crippen LogP contribution is -2.60. The predicted octanol–water partition coefficient (Wildman–Crippen LogP) is 1.51. The minimum atomic E-state index is -0.186. The molecule has 1 heterocycles. The topological polar surface area (TPSA) is 49.4 Å². The Balaban J connectivity index is 2.04. The summed E-state index contributed by atoms with van der Waals surface area (Å²) in [4.78, 5) is 25.0. The predicted molar refractivity (Wildman–Crippen MR) is 56.3 cm³/mol. The monoisotopic (exact) mass is 210 g/mol. The van der Waals surface area contributed by atoms with Gasteiger partial charge in [-0.25, -0.2) is 4.79 Å². The molecule has 1 N–H and O–H groups in total. The number of nitrogens with zero attached hydrogens (tertiary/aromatic N) is 1. The van der Waals surface area contributed by atoms with E-state index in [1.54, 1.807) is 0 Å². The van der Waals surface area contributed by atoms with Crippen molar-refractivity contribution in [3.8, 4) is 0 Å². The van der Waals surface area contributed by atoms with Crippen LogP contribution in [0.4, 0.5) is 4.79 Å². The third-order valence-electron chi connectivity index (χ3n) is 3.44. The first-order valence-electron chi connectivity index (χ1n) is 5.72. The number of hydrogen-bond donors (Lipinski definition) is 1. The van der Waals surface area contributed by atoms with Crippen molar-refractivity contribution < 1.29 is 9.59 Å². The van der Waals surface area contributed by atoms with E-state index in [1.807, 2.05) is 13.8 Å². The van der Waals surface area contributed by atoms with Crippen LogP contribution < -0.4 is 5.32 Å². The van der Waals surface area contributed by atoms with Gasteiger partial charge in [-0.3, -0.25) is 9.69 Å². The second-order valence-electron chi connectivity index (χ2n) is 4.85. The number of rotatable bonds is 2. The van der Waals surface area contributed by atoms with E-state index in [4.69, 9.17) is 0 Å². The molecule has 1 saturated carbocycles. The van der Waals surface area contributed by atoms with Crippen LogP contribution in [0.5, 0.6) is 0 Å². The van der Waals surface area contributed by atoms with Crippen molar-refractivity contribution in [3.63, 3.8) is 0 Å². The van der Waals surface area contributed by atoms with Crippen molar-refractivity contribution in [1.29, 1.82) is 0 Å². The SMILES string of the molecule is CC(C)C1CC(=O)N(C2CCC2)C(=O)N1. The van der Waals surface area contributed by atoms with E-state index < -0.39 is 0 Å². The normalized spacial score (nSPS) is 27.9. The molecule has 1 atom stereocenters. The largest absolute Gasteiger partial charge is 0.334 e. The number of amides is 3. The van der Waals surface area contributed by atoms with Gasteiger partial charge >= 0.3 is 6.03 Å². The summed E-state index contributed by atoms with van der Waals surface area (Å²) in [6.45, 7) is 4.05. The van der Waals surface area contributed by atoms with E-state index in [-0.39, 0.29) is 24.0 Å². The van der Waals surface area contributed by atoms with Crippen LogP contribution in [0.2, 0.25) is 0 Å². The quantitative estimate of drug-likeness (QED) is 0.751. The number of carbonyl (C=O) groups excluding carboxylic acids is 2. The van der Waals surface area contributed by atoms with Crippen molar-refractivity contribution >= 4 is 11.9 Å². The highest BCUT2D eigenvalue weighted by molar-refractivity contribution is 5.97. The van der Waals surface area contributed by atoms with E-state index in [2.05, 4.69) is 5.32 Å². The van der Waals surface area contributed by atoms with E-state index in [1.165, 1.54) is 4.90 Å². The average molecular weight is 210 g/mol. The summed E-state index contributed by atoms with van der Waals surface area (Å²) in [7, 11) is 0.